The molecule has 7 heteroatoms. The van der Waals surface area contributed by atoms with Crippen molar-refractivity contribution in [2.75, 3.05) is 11.6 Å². The Morgan fingerprint density at radius 3 is 2.43 bits per heavy atom. The summed E-state index contributed by atoms with van der Waals surface area (Å²) in [6.07, 6.45) is 1.04. The molecule has 2 rings (SSSR count). The van der Waals surface area contributed by atoms with Crippen LogP contribution in [-0.2, 0) is 16.4 Å². The smallest absolute Gasteiger partial charge is 0.175 e. The fraction of sp³-hybridized carbons (Fsp3) is 0.143. The zero-order valence-corrected chi connectivity index (χ0v) is 13.4. The third-order valence-corrected chi connectivity index (χ3v) is 4.45. The number of halogens is 3. The van der Waals surface area contributed by atoms with Crippen molar-refractivity contribution in [3.8, 4) is 0 Å². The van der Waals surface area contributed by atoms with Crippen LogP contribution in [0, 0.1) is 11.6 Å². The van der Waals surface area contributed by atoms with E-state index in [9.17, 15) is 17.2 Å². The molecule has 2 aromatic carbocycles. The van der Waals surface area contributed by atoms with Crippen LogP contribution in [-0.4, -0.2) is 14.7 Å². The summed E-state index contributed by atoms with van der Waals surface area (Å²) in [6.45, 7) is 0.0449. The van der Waals surface area contributed by atoms with Crippen LogP contribution in [0.15, 0.2) is 45.8 Å². The number of sulfone groups is 1. The van der Waals surface area contributed by atoms with Crippen LogP contribution >= 0.6 is 15.9 Å². The molecular formula is C14H12BrF2NO2S. The van der Waals surface area contributed by atoms with Gasteiger partial charge in [-0.3, -0.25) is 0 Å². The summed E-state index contributed by atoms with van der Waals surface area (Å²) in [5.74, 6) is -1.03. The van der Waals surface area contributed by atoms with Crippen LogP contribution in [0.4, 0.5) is 14.5 Å². The molecule has 0 amide bonds. The lowest BCUT2D eigenvalue weighted by Crippen LogP contribution is -2.05. The van der Waals surface area contributed by atoms with Gasteiger partial charge in [0.25, 0.3) is 0 Å². The van der Waals surface area contributed by atoms with Gasteiger partial charge < -0.3 is 5.32 Å². The SMILES string of the molecule is CS(=O)(=O)c1ccc(F)c(NCc2ccc(Br)cc2F)c1. The quantitative estimate of drug-likeness (QED) is 0.827. The van der Waals surface area contributed by atoms with Gasteiger partial charge in [0.1, 0.15) is 11.6 Å². The predicted octanol–water partition coefficient (Wildman–Crippen LogP) is 3.74. The number of benzene rings is 2. The first kappa shape index (κ1) is 15.9. The fourth-order valence-corrected chi connectivity index (χ4v) is 2.71. The largest absolute Gasteiger partial charge is 0.378 e. The first-order chi connectivity index (χ1) is 9.77. The predicted molar refractivity (Wildman–Crippen MR) is 80.9 cm³/mol. The summed E-state index contributed by atoms with van der Waals surface area (Å²) in [5, 5.41) is 2.71. The van der Waals surface area contributed by atoms with E-state index >= 15 is 0 Å². The summed E-state index contributed by atoms with van der Waals surface area (Å²) in [6, 6.07) is 7.99. The second-order valence-corrected chi connectivity index (χ2v) is 7.43. The van der Waals surface area contributed by atoms with Crippen molar-refractivity contribution >= 4 is 31.5 Å². The number of anilines is 1. The number of nitrogens with one attached hydrogen (secondary N) is 1. The van der Waals surface area contributed by atoms with E-state index < -0.39 is 21.5 Å². The Morgan fingerprint density at radius 1 is 1.10 bits per heavy atom. The molecular weight excluding hydrogens is 364 g/mol. The average molecular weight is 376 g/mol. The Labute approximate surface area is 130 Å². The second-order valence-electron chi connectivity index (χ2n) is 4.50. The van der Waals surface area contributed by atoms with Crippen molar-refractivity contribution in [1.82, 2.24) is 0 Å². The normalized spacial score (nSPS) is 11.4. The van der Waals surface area contributed by atoms with Crippen LogP contribution < -0.4 is 5.32 Å². The van der Waals surface area contributed by atoms with Gasteiger partial charge in [0.15, 0.2) is 9.84 Å². The maximum Gasteiger partial charge on any atom is 0.175 e. The molecule has 0 saturated carbocycles. The molecule has 0 atom stereocenters. The van der Waals surface area contributed by atoms with Crippen molar-refractivity contribution in [3.05, 3.63) is 58.1 Å². The van der Waals surface area contributed by atoms with E-state index in [0.717, 1.165) is 12.3 Å². The highest BCUT2D eigenvalue weighted by atomic mass is 79.9. The highest BCUT2D eigenvalue weighted by Crippen LogP contribution is 2.21. The van der Waals surface area contributed by atoms with Crippen molar-refractivity contribution in [1.29, 1.82) is 0 Å². The highest BCUT2D eigenvalue weighted by molar-refractivity contribution is 9.10. The third-order valence-electron chi connectivity index (χ3n) is 2.85. The van der Waals surface area contributed by atoms with Crippen molar-refractivity contribution in [2.24, 2.45) is 0 Å². The van der Waals surface area contributed by atoms with Crippen LogP contribution in [0.3, 0.4) is 0 Å². The van der Waals surface area contributed by atoms with Crippen molar-refractivity contribution in [3.63, 3.8) is 0 Å². The zero-order chi connectivity index (χ0) is 15.6. The maximum atomic E-state index is 13.7. The first-order valence-corrected chi connectivity index (χ1v) is 8.63. The van der Waals surface area contributed by atoms with E-state index in [-0.39, 0.29) is 17.1 Å². The van der Waals surface area contributed by atoms with Crippen LogP contribution in [0.25, 0.3) is 0 Å². The molecule has 21 heavy (non-hydrogen) atoms. The summed E-state index contributed by atoms with van der Waals surface area (Å²) in [5.41, 5.74) is 0.364. The van der Waals surface area contributed by atoms with E-state index in [2.05, 4.69) is 21.2 Å². The maximum absolute atomic E-state index is 13.7. The van der Waals surface area contributed by atoms with E-state index in [1.165, 1.54) is 18.2 Å². The van der Waals surface area contributed by atoms with Gasteiger partial charge in [-0.05, 0) is 30.3 Å². The van der Waals surface area contributed by atoms with E-state index in [0.29, 0.717) is 10.0 Å². The minimum atomic E-state index is -3.43. The molecule has 3 nitrogen and oxygen atoms in total. The Morgan fingerprint density at radius 2 is 1.81 bits per heavy atom. The Hall–Kier alpha value is -1.47. The number of rotatable bonds is 4. The lowest BCUT2D eigenvalue weighted by Gasteiger charge is -2.10. The topological polar surface area (TPSA) is 46.2 Å². The van der Waals surface area contributed by atoms with Crippen LogP contribution in [0.1, 0.15) is 5.56 Å². The molecule has 0 aliphatic heterocycles. The molecule has 0 unspecified atom stereocenters. The molecule has 0 aromatic heterocycles. The molecule has 0 fully saturated rings. The summed E-state index contributed by atoms with van der Waals surface area (Å²) in [7, 11) is -3.43. The number of hydrogen-bond acceptors (Lipinski definition) is 3. The minimum Gasteiger partial charge on any atom is -0.378 e. The molecule has 0 radical (unpaired) electrons. The summed E-state index contributed by atoms with van der Waals surface area (Å²) < 4.78 is 50.8. The van der Waals surface area contributed by atoms with E-state index in [1.54, 1.807) is 12.1 Å². The molecule has 0 spiro atoms. The summed E-state index contributed by atoms with van der Waals surface area (Å²) in [4.78, 5) is 0.00248. The van der Waals surface area contributed by atoms with Crippen molar-refractivity contribution in [2.45, 2.75) is 11.4 Å². The molecule has 0 bridgehead atoms. The molecule has 0 aliphatic carbocycles. The van der Waals surface area contributed by atoms with Crippen LogP contribution in [0.5, 0.6) is 0 Å². The van der Waals surface area contributed by atoms with Gasteiger partial charge in [-0.15, -0.1) is 0 Å². The highest BCUT2D eigenvalue weighted by Gasteiger charge is 2.11. The van der Waals surface area contributed by atoms with Gasteiger partial charge in [-0.2, -0.15) is 0 Å². The summed E-state index contributed by atoms with van der Waals surface area (Å²) >= 11 is 3.15. The number of hydrogen-bond donors (Lipinski definition) is 1. The molecule has 2 aromatic rings. The van der Waals surface area contributed by atoms with Gasteiger partial charge in [-0.25, -0.2) is 17.2 Å². The Kier molecular flexibility index (Phi) is 4.63. The zero-order valence-electron chi connectivity index (χ0n) is 11.0. The molecule has 0 heterocycles. The first-order valence-electron chi connectivity index (χ1n) is 5.95. The van der Waals surface area contributed by atoms with Gasteiger partial charge in [-0.1, -0.05) is 22.0 Å². The molecule has 0 aliphatic rings. The van der Waals surface area contributed by atoms with Gasteiger partial charge >= 0.3 is 0 Å². The molecule has 1 N–H and O–H groups in total. The standard InChI is InChI=1S/C14H12BrF2NO2S/c1-21(19,20)11-4-5-12(16)14(7-11)18-8-9-2-3-10(15)6-13(9)17/h2-7,18H,8H2,1H3. The van der Waals surface area contributed by atoms with Gasteiger partial charge in [0, 0.05) is 22.8 Å². The lowest BCUT2D eigenvalue weighted by atomic mass is 10.2. The monoisotopic (exact) mass is 375 g/mol. The Balaban J connectivity index is 2.23. The van der Waals surface area contributed by atoms with E-state index in [4.69, 9.17) is 0 Å². The Bertz CT molecular complexity index is 779. The van der Waals surface area contributed by atoms with Gasteiger partial charge in [0.05, 0.1) is 10.6 Å². The van der Waals surface area contributed by atoms with E-state index in [1.807, 2.05) is 0 Å². The molecule has 0 saturated heterocycles. The minimum absolute atomic E-state index is 0.00248. The average Bonchev–Trinajstić information content (AvgIpc) is 2.38. The van der Waals surface area contributed by atoms with Gasteiger partial charge in [0.2, 0.25) is 0 Å². The lowest BCUT2D eigenvalue weighted by molar-refractivity contribution is 0.600. The third kappa shape index (κ3) is 4.01. The molecule has 112 valence electrons. The van der Waals surface area contributed by atoms with Crippen LogP contribution in [0.2, 0.25) is 0 Å². The fourth-order valence-electron chi connectivity index (χ4n) is 1.73. The van der Waals surface area contributed by atoms with Crippen molar-refractivity contribution < 1.29 is 17.2 Å². The second kappa shape index (κ2) is 6.11.